The normalized spacial score (nSPS) is 12.5. The van der Waals surface area contributed by atoms with Gasteiger partial charge in [-0.25, -0.2) is 0 Å². The Kier molecular flexibility index (Phi) is 24.8. The molecule has 0 rings (SSSR count). The van der Waals surface area contributed by atoms with Crippen LogP contribution in [0.25, 0.3) is 0 Å². The number of hydrogen-bond donors (Lipinski definition) is 2. The lowest BCUT2D eigenvalue weighted by atomic mass is 10.0. The molecule has 0 spiro atoms. The highest BCUT2D eigenvalue weighted by molar-refractivity contribution is 5.02. The minimum Gasteiger partial charge on any atom is -0.473 e. The summed E-state index contributed by atoms with van der Waals surface area (Å²) in [7, 11) is 0. The quantitative estimate of drug-likeness (QED) is 0.117. The summed E-state index contributed by atoms with van der Waals surface area (Å²) in [5.41, 5.74) is 2.90. The number of allylic oxidation sites excluding steroid dienone is 2. The number of hydrogen-bond acceptors (Lipinski definition) is 3. The second-order valence-electron chi connectivity index (χ2n) is 9.09. The molecule has 0 saturated carbocycles. The maximum atomic E-state index is 8.96. The molecule has 0 aromatic heterocycles. The van der Waals surface area contributed by atoms with Gasteiger partial charge in [0.1, 0.15) is 0 Å². The summed E-state index contributed by atoms with van der Waals surface area (Å²) in [5, 5.41) is 17.9. The van der Waals surface area contributed by atoms with Crippen LogP contribution in [0.1, 0.15) is 142 Å². The zero-order chi connectivity index (χ0) is 22.8. The maximum absolute atomic E-state index is 8.96. The van der Waals surface area contributed by atoms with Crippen LogP contribution in [0.5, 0.6) is 0 Å². The van der Waals surface area contributed by atoms with Gasteiger partial charge in [-0.2, -0.15) is 0 Å². The van der Waals surface area contributed by atoms with Crippen molar-refractivity contribution in [1.29, 1.82) is 0 Å². The molecule has 0 saturated heterocycles. The summed E-state index contributed by atoms with van der Waals surface area (Å²) in [6, 6.07) is 0. The highest BCUT2D eigenvalue weighted by Gasteiger charge is 2.02. The van der Waals surface area contributed by atoms with Gasteiger partial charge in [0.25, 0.3) is 0 Å². The van der Waals surface area contributed by atoms with Gasteiger partial charge < -0.3 is 14.9 Å². The fourth-order valence-corrected chi connectivity index (χ4v) is 3.90. The summed E-state index contributed by atoms with van der Waals surface area (Å²) in [6.45, 7) is 5.15. The molecule has 184 valence electrons. The van der Waals surface area contributed by atoms with Crippen LogP contribution in [-0.4, -0.2) is 23.4 Å². The molecule has 0 aromatic rings. The van der Waals surface area contributed by atoms with Crippen LogP contribution < -0.4 is 0 Å². The standard InChI is InChI=1S/C28H54O3/c1-3-5-7-13-19-27(21-15-9-11-17-23-29)25-31-26-28(20-14-8-6-4-2)22-16-10-12-18-24-30/h25-26,29-30H,3-24H2,1-2H3. The molecule has 0 unspecified atom stereocenters. The lowest BCUT2D eigenvalue weighted by molar-refractivity contribution is 0.282. The van der Waals surface area contributed by atoms with E-state index in [1.54, 1.807) is 0 Å². The van der Waals surface area contributed by atoms with Crippen molar-refractivity contribution in [2.45, 2.75) is 142 Å². The van der Waals surface area contributed by atoms with Crippen molar-refractivity contribution in [3.63, 3.8) is 0 Å². The van der Waals surface area contributed by atoms with E-state index in [0.29, 0.717) is 13.2 Å². The molecule has 0 amide bonds. The number of aliphatic hydroxyl groups is 2. The van der Waals surface area contributed by atoms with Gasteiger partial charge in [-0.3, -0.25) is 0 Å². The molecule has 3 heteroatoms. The predicted octanol–water partition coefficient (Wildman–Crippen LogP) is 8.60. The summed E-state index contributed by atoms with van der Waals surface area (Å²) < 4.78 is 6.02. The van der Waals surface area contributed by atoms with Gasteiger partial charge in [-0.05, 0) is 75.4 Å². The van der Waals surface area contributed by atoms with E-state index in [1.807, 2.05) is 12.5 Å². The number of rotatable bonds is 24. The number of aliphatic hydroxyl groups excluding tert-OH is 2. The highest BCUT2D eigenvalue weighted by atomic mass is 16.5. The molecule has 0 aliphatic carbocycles. The monoisotopic (exact) mass is 438 g/mol. The molecular weight excluding hydrogens is 384 g/mol. The average Bonchev–Trinajstić information content (AvgIpc) is 2.78. The topological polar surface area (TPSA) is 49.7 Å². The van der Waals surface area contributed by atoms with Gasteiger partial charge in [0.15, 0.2) is 0 Å². The third-order valence-electron chi connectivity index (χ3n) is 5.98. The van der Waals surface area contributed by atoms with Crippen LogP contribution in [0.2, 0.25) is 0 Å². The van der Waals surface area contributed by atoms with Gasteiger partial charge in [0.2, 0.25) is 0 Å². The lowest BCUT2D eigenvalue weighted by Gasteiger charge is -2.10. The van der Waals surface area contributed by atoms with Gasteiger partial charge >= 0.3 is 0 Å². The molecule has 0 aliphatic rings. The molecule has 0 atom stereocenters. The molecule has 0 heterocycles. The van der Waals surface area contributed by atoms with Crippen molar-refractivity contribution < 1.29 is 14.9 Å². The first-order chi connectivity index (χ1) is 15.3. The molecule has 31 heavy (non-hydrogen) atoms. The van der Waals surface area contributed by atoms with Crippen LogP contribution in [-0.2, 0) is 4.74 Å². The van der Waals surface area contributed by atoms with Crippen LogP contribution in [0.4, 0.5) is 0 Å². The van der Waals surface area contributed by atoms with E-state index >= 15 is 0 Å². The smallest absolute Gasteiger partial charge is 0.0893 e. The van der Waals surface area contributed by atoms with Crippen LogP contribution >= 0.6 is 0 Å². The van der Waals surface area contributed by atoms with Gasteiger partial charge in [0.05, 0.1) is 12.5 Å². The Hall–Kier alpha value is -0.800. The van der Waals surface area contributed by atoms with Crippen molar-refractivity contribution in [2.75, 3.05) is 13.2 Å². The van der Waals surface area contributed by atoms with Gasteiger partial charge in [-0.15, -0.1) is 0 Å². The van der Waals surface area contributed by atoms with E-state index in [2.05, 4.69) is 13.8 Å². The molecular formula is C28H54O3. The summed E-state index contributed by atoms with van der Waals surface area (Å²) in [6.07, 6.45) is 27.8. The summed E-state index contributed by atoms with van der Waals surface area (Å²) >= 11 is 0. The first-order valence-electron chi connectivity index (χ1n) is 13.5. The highest BCUT2D eigenvalue weighted by Crippen LogP contribution is 2.20. The summed E-state index contributed by atoms with van der Waals surface area (Å²) in [4.78, 5) is 0. The number of unbranched alkanes of at least 4 members (excludes halogenated alkanes) is 12. The molecule has 0 radical (unpaired) electrons. The Labute approximate surface area is 194 Å². The van der Waals surface area contributed by atoms with E-state index in [4.69, 9.17) is 14.9 Å². The number of ether oxygens (including phenoxy) is 1. The minimum atomic E-state index is 0.314. The first-order valence-corrected chi connectivity index (χ1v) is 13.5. The van der Waals surface area contributed by atoms with Crippen LogP contribution in [0.15, 0.2) is 23.7 Å². The second-order valence-corrected chi connectivity index (χ2v) is 9.09. The van der Waals surface area contributed by atoms with Crippen LogP contribution in [0, 0.1) is 0 Å². The fraction of sp³-hybridized carbons (Fsp3) is 0.857. The molecule has 2 N–H and O–H groups in total. The largest absolute Gasteiger partial charge is 0.473 e. The van der Waals surface area contributed by atoms with E-state index in [9.17, 15) is 0 Å². The van der Waals surface area contributed by atoms with Crippen molar-refractivity contribution in [1.82, 2.24) is 0 Å². The van der Waals surface area contributed by atoms with Crippen molar-refractivity contribution >= 4 is 0 Å². The third kappa shape index (κ3) is 22.2. The van der Waals surface area contributed by atoms with Crippen molar-refractivity contribution in [3.05, 3.63) is 23.7 Å². The SMILES string of the molecule is CCCCCCC(=COC=C(CCCCCC)CCCCCCO)CCCCCCO. The van der Waals surface area contributed by atoms with Crippen molar-refractivity contribution in [3.8, 4) is 0 Å². The zero-order valence-corrected chi connectivity index (χ0v) is 21.0. The van der Waals surface area contributed by atoms with Gasteiger partial charge in [0, 0.05) is 13.2 Å². The van der Waals surface area contributed by atoms with Gasteiger partial charge in [-0.1, -0.05) is 78.1 Å². The Morgan fingerprint density at radius 2 is 0.806 bits per heavy atom. The van der Waals surface area contributed by atoms with Crippen molar-refractivity contribution in [2.24, 2.45) is 0 Å². The fourth-order valence-electron chi connectivity index (χ4n) is 3.90. The Morgan fingerprint density at radius 1 is 0.484 bits per heavy atom. The zero-order valence-electron chi connectivity index (χ0n) is 21.0. The third-order valence-corrected chi connectivity index (χ3v) is 5.98. The maximum Gasteiger partial charge on any atom is 0.0893 e. The van der Waals surface area contributed by atoms with E-state index in [0.717, 1.165) is 51.4 Å². The van der Waals surface area contributed by atoms with E-state index in [-0.39, 0.29) is 0 Å². The lowest BCUT2D eigenvalue weighted by Crippen LogP contribution is -1.91. The van der Waals surface area contributed by atoms with E-state index in [1.165, 1.54) is 88.2 Å². The molecule has 0 aliphatic heterocycles. The Balaban J connectivity index is 4.65. The predicted molar refractivity (Wildman–Crippen MR) is 135 cm³/mol. The molecule has 0 aromatic carbocycles. The van der Waals surface area contributed by atoms with Crippen LogP contribution in [0.3, 0.4) is 0 Å². The second kappa shape index (κ2) is 25.5. The minimum absolute atomic E-state index is 0.314. The molecule has 0 bridgehead atoms. The average molecular weight is 439 g/mol. The van der Waals surface area contributed by atoms with E-state index < -0.39 is 0 Å². The Bertz CT molecular complexity index is 376. The Morgan fingerprint density at radius 3 is 1.13 bits per heavy atom. The molecule has 3 nitrogen and oxygen atoms in total. The first kappa shape index (κ1) is 30.2. The summed E-state index contributed by atoms with van der Waals surface area (Å²) in [5.74, 6) is 0. The molecule has 0 fully saturated rings.